The van der Waals surface area contributed by atoms with E-state index in [2.05, 4.69) is 60.1 Å². The van der Waals surface area contributed by atoms with Gasteiger partial charge in [0.2, 0.25) is 82.7 Å². The standard InChI is InChI=1S/C66H116N14O16/c1-16-19-21-22-23-27-50(85)76-65(13,14)62(96)80-34-24-26-46(80)57(91)75-51(52(86)40(8)25-20-17-2)58(92)78-66(15,18-3)61(95)74-43(29-32-48(68)83)53(87)71-44(30-33-49(69)84)56(90)77-64(11,12)60(94)79-63(9,10)59(93)73-42(28-31-47(67)82)54(88)72-45(36-39(6)7)55(89)70-41(37-81)35-38(4)5/h17,20,38-46,51-52,81,86H,16,18-19,21-37H2,1-15H3,(H2,67,82)(H2,68,83)(H2,69,84)(H,70,89)(H,71,87)(H,72,88)(H,73,93)(H,74,95)(H,75,91)(H,76,85)(H,77,90)(H,78,92)(H,79,94)/b20-17+/t40?,41-,42-,43-,44+,45+,46-,51-,52?,66-/m0/s1. The lowest BCUT2D eigenvalue weighted by atomic mass is 9.91. The number of nitrogens with one attached hydrogen (secondary N) is 10. The predicted octanol–water partition coefficient (Wildman–Crippen LogP) is 0.0602. The van der Waals surface area contributed by atoms with Crippen molar-refractivity contribution in [3.8, 4) is 0 Å². The summed E-state index contributed by atoms with van der Waals surface area (Å²) in [4.78, 5) is 192. The Hall–Kier alpha value is -7.76. The van der Waals surface area contributed by atoms with Crippen LogP contribution in [-0.2, 0) is 67.1 Å². The largest absolute Gasteiger partial charge is 0.394 e. The molecule has 1 aliphatic rings. The number of nitrogens with two attached hydrogens (primary N) is 3. The Morgan fingerprint density at radius 2 is 1.03 bits per heavy atom. The average Bonchev–Trinajstić information content (AvgIpc) is 1.43. The van der Waals surface area contributed by atoms with Crippen LogP contribution in [0.4, 0.5) is 0 Å². The van der Waals surface area contributed by atoms with Gasteiger partial charge in [0.25, 0.3) is 0 Å². The maximum Gasteiger partial charge on any atom is 0.248 e. The number of hydrogen-bond donors (Lipinski definition) is 15. The Morgan fingerprint density at radius 3 is 1.52 bits per heavy atom. The highest BCUT2D eigenvalue weighted by Crippen LogP contribution is 2.24. The average molecular weight is 1360 g/mol. The Labute approximate surface area is 566 Å². The van der Waals surface area contributed by atoms with Gasteiger partial charge in [-0.15, -0.1) is 0 Å². The number of rotatable bonds is 45. The molecule has 1 rings (SSSR count). The third kappa shape index (κ3) is 29.7. The zero-order valence-electron chi connectivity index (χ0n) is 59.4. The lowest BCUT2D eigenvalue weighted by Crippen LogP contribution is -2.66. The quantitative estimate of drug-likeness (QED) is 0.0283. The summed E-state index contributed by atoms with van der Waals surface area (Å²) < 4.78 is 0. The lowest BCUT2D eigenvalue weighted by Gasteiger charge is -2.36. The molecule has 30 nitrogen and oxygen atoms in total. The zero-order chi connectivity index (χ0) is 73.6. The van der Waals surface area contributed by atoms with Crippen molar-refractivity contribution >= 4 is 82.7 Å². The van der Waals surface area contributed by atoms with E-state index in [0.29, 0.717) is 19.3 Å². The third-order valence-corrected chi connectivity index (χ3v) is 16.7. The maximum atomic E-state index is 14.6. The number of carbonyl (C=O) groups is 14. The molecule has 14 amide bonds. The van der Waals surface area contributed by atoms with Crippen molar-refractivity contribution in [2.75, 3.05) is 13.2 Å². The van der Waals surface area contributed by atoms with Crippen LogP contribution in [0.15, 0.2) is 12.2 Å². The number of primary amides is 3. The van der Waals surface area contributed by atoms with E-state index in [1.54, 1.807) is 39.8 Å². The Bertz CT molecular complexity index is 2720. The lowest BCUT2D eigenvalue weighted by molar-refractivity contribution is -0.146. The molecule has 0 aromatic rings. The van der Waals surface area contributed by atoms with Gasteiger partial charge >= 0.3 is 0 Å². The maximum absolute atomic E-state index is 14.6. The number of amides is 14. The van der Waals surface area contributed by atoms with Gasteiger partial charge in [-0.2, -0.15) is 0 Å². The SMILES string of the molecule is C/C=C/CC(C)C(O)[C@H](NC(=O)[C@@H]1CCCN1C(=O)C(C)(C)NC(=O)CCCCCCC)C(=O)N[C@@](C)(CC)C(=O)N[C@@H](CCC(N)=O)C(=O)N[C@H](CCC(N)=O)C(=O)NC(C)(C)C(=O)NC(C)(C)C(=O)N[C@@H](CCC(N)=O)C(=O)N[C@H](CC(C)C)C(=O)N[C@H](CO)CC(C)C. The fraction of sp³-hybridized carbons (Fsp3) is 0.758. The summed E-state index contributed by atoms with van der Waals surface area (Å²) in [7, 11) is 0. The molecule has 1 saturated heterocycles. The van der Waals surface area contributed by atoms with Gasteiger partial charge in [-0.25, -0.2) is 0 Å². The van der Waals surface area contributed by atoms with Gasteiger partial charge in [0.1, 0.15) is 58.4 Å². The molecule has 1 heterocycles. The summed E-state index contributed by atoms with van der Waals surface area (Å²) in [5.41, 5.74) is 9.19. The van der Waals surface area contributed by atoms with Crippen LogP contribution in [-0.4, -0.2) is 182 Å². The highest BCUT2D eigenvalue weighted by atomic mass is 16.3. The molecular weight excluding hydrogens is 1240 g/mol. The second-order valence-corrected chi connectivity index (χ2v) is 28.0. The van der Waals surface area contributed by atoms with Crippen molar-refractivity contribution in [3.63, 3.8) is 0 Å². The summed E-state index contributed by atoms with van der Waals surface area (Å²) in [6.45, 7) is 23.6. The van der Waals surface area contributed by atoms with Crippen molar-refractivity contribution in [1.82, 2.24) is 58.1 Å². The highest BCUT2D eigenvalue weighted by Gasteiger charge is 2.46. The van der Waals surface area contributed by atoms with Crippen LogP contribution in [0.25, 0.3) is 0 Å². The molecule has 0 spiro atoms. The normalized spacial score (nSPS) is 16.6. The van der Waals surface area contributed by atoms with Gasteiger partial charge < -0.3 is 85.5 Å². The number of allylic oxidation sites excluding steroid dienone is 2. The van der Waals surface area contributed by atoms with Crippen LogP contribution >= 0.6 is 0 Å². The molecule has 1 fully saturated rings. The van der Waals surface area contributed by atoms with Gasteiger partial charge in [0.15, 0.2) is 0 Å². The fourth-order valence-corrected chi connectivity index (χ4v) is 10.6. The first-order valence-corrected chi connectivity index (χ1v) is 33.7. The van der Waals surface area contributed by atoms with Crippen LogP contribution in [0.2, 0.25) is 0 Å². The number of aliphatic hydroxyl groups excluding tert-OH is 2. The van der Waals surface area contributed by atoms with E-state index in [0.717, 1.165) is 25.7 Å². The molecule has 2 unspecified atom stereocenters. The van der Waals surface area contributed by atoms with E-state index >= 15 is 0 Å². The fourth-order valence-electron chi connectivity index (χ4n) is 10.6. The summed E-state index contributed by atoms with van der Waals surface area (Å²) in [6.07, 6.45) is 5.26. The molecule has 1 aliphatic heterocycles. The number of hydrogen-bond acceptors (Lipinski definition) is 16. The number of likely N-dealkylation sites (tertiary alicyclic amines) is 1. The zero-order valence-corrected chi connectivity index (χ0v) is 59.4. The van der Waals surface area contributed by atoms with Crippen LogP contribution in [0.1, 0.15) is 219 Å². The van der Waals surface area contributed by atoms with Crippen molar-refractivity contribution in [1.29, 1.82) is 0 Å². The first kappa shape index (κ1) is 86.3. The van der Waals surface area contributed by atoms with E-state index in [-0.39, 0.29) is 75.8 Å². The molecular formula is C66H116N14O16. The summed E-state index contributed by atoms with van der Waals surface area (Å²) in [5, 5.41) is 47.7. The number of unbranched alkanes of at least 4 members (excludes halogenated alkanes) is 4. The second-order valence-electron chi connectivity index (χ2n) is 28.0. The molecule has 0 saturated carbocycles. The smallest absolute Gasteiger partial charge is 0.248 e. The molecule has 0 aliphatic carbocycles. The first-order valence-electron chi connectivity index (χ1n) is 33.7. The van der Waals surface area contributed by atoms with Crippen LogP contribution in [0.5, 0.6) is 0 Å². The van der Waals surface area contributed by atoms with E-state index in [4.69, 9.17) is 17.2 Å². The molecule has 10 atom stereocenters. The third-order valence-electron chi connectivity index (χ3n) is 16.7. The molecule has 0 radical (unpaired) electrons. The summed E-state index contributed by atoms with van der Waals surface area (Å²) in [6, 6.07) is -9.45. The molecule has 18 N–H and O–H groups in total. The minimum atomic E-state index is -1.95. The van der Waals surface area contributed by atoms with E-state index < -0.39 is 179 Å². The van der Waals surface area contributed by atoms with Gasteiger partial charge in [-0.1, -0.05) is 86.3 Å². The second kappa shape index (κ2) is 40.7. The molecule has 0 aromatic heterocycles. The van der Waals surface area contributed by atoms with Gasteiger partial charge in [0.05, 0.1) is 18.8 Å². The number of nitrogens with zero attached hydrogens (tertiary/aromatic N) is 1. The Kier molecular flexibility index (Phi) is 36.6. The Balaban J connectivity index is 3.54. The molecule has 0 bridgehead atoms. The summed E-state index contributed by atoms with van der Waals surface area (Å²) in [5.74, 6) is -12.6. The minimum Gasteiger partial charge on any atom is -0.394 e. The highest BCUT2D eigenvalue weighted by molar-refractivity contribution is 6.01. The molecule has 30 heteroatoms. The van der Waals surface area contributed by atoms with E-state index in [1.807, 2.05) is 27.7 Å². The molecule has 96 heavy (non-hydrogen) atoms. The predicted molar refractivity (Wildman–Crippen MR) is 359 cm³/mol. The minimum absolute atomic E-state index is 0.113. The van der Waals surface area contributed by atoms with E-state index in [1.165, 1.54) is 46.4 Å². The van der Waals surface area contributed by atoms with Crippen molar-refractivity contribution in [2.24, 2.45) is 35.0 Å². The van der Waals surface area contributed by atoms with Crippen LogP contribution < -0.4 is 70.4 Å². The van der Waals surface area contributed by atoms with Crippen LogP contribution in [0, 0.1) is 17.8 Å². The van der Waals surface area contributed by atoms with Crippen molar-refractivity contribution in [3.05, 3.63) is 12.2 Å². The van der Waals surface area contributed by atoms with Gasteiger partial charge in [0, 0.05) is 32.2 Å². The summed E-state index contributed by atoms with van der Waals surface area (Å²) >= 11 is 0. The van der Waals surface area contributed by atoms with Crippen molar-refractivity contribution in [2.45, 2.75) is 290 Å². The van der Waals surface area contributed by atoms with Gasteiger partial charge in [-0.3, -0.25) is 67.1 Å². The first-order chi connectivity index (χ1) is 44.5. The number of aliphatic hydroxyl groups is 2. The van der Waals surface area contributed by atoms with E-state index in [9.17, 15) is 77.3 Å². The molecule has 546 valence electrons. The Morgan fingerprint density at radius 1 is 0.542 bits per heavy atom. The van der Waals surface area contributed by atoms with Crippen LogP contribution in [0.3, 0.4) is 0 Å². The van der Waals surface area contributed by atoms with Gasteiger partial charge in [-0.05, 0) is 137 Å². The molecule has 0 aromatic carbocycles. The topological polar surface area (TPSA) is 481 Å². The van der Waals surface area contributed by atoms with Crippen molar-refractivity contribution < 1.29 is 77.3 Å². The monoisotopic (exact) mass is 1360 g/mol. The number of carbonyl (C=O) groups excluding carboxylic acids is 14.